The lowest BCUT2D eigenvalue weighted by molar-refractivity contribution is -0.134. The van der Waals surface area contributed by atoms with Crippen molar-refractivity contribution in [3.8, 4) is 5.75 Å². The first-order chi connectivity index (χ1) is 10.7. The minimum absolute atomic E-state index is 0.108. The Morgan fingerprint density at radius 2 is 1.78 bits per heavy atom. The van der Waals surface area contributed by atoms with E-state index in [1.165, 1.54) is 0 Å². The Morgan fingerprint density at radius 3 is 2.39 bits per heavy atom. The Bertz CT molecular complexity index is 684. The predicted molar refractivity (Wildman–Crippen MR) is 95.5 cm³/mol. The molecule has 122 valence electrons. The molecule has 1 aromatic heterocycles. The molecule has 0 unspecified atom stereocenters. The van der Waals surface area contributed by atoms with Gasteiger partial charge in [0.15, 0.2) is 0 Å². The standard InChI is InChI=1S/C18H21BrN2O2/c1-17(2,16(22)21-14-8-10-20-11-9-14)18(3,4)23-15-7-5-6-13(19)12-15/h5-12H,1-4H3,(H,20,21,22). The number of carbonyl (C=O) groups excluding carboxylic acids is 1. The second-order valence-electron chi connectivity index (χ2n) is 6.38. The van der Waals surface area contributed by atoms with Crippen molar-refractivity contribution >= 4 is 27.5 Å². The van der Waals surface area contributed by atoms with Gasteiger partial charge in [0.05, 0.1) is 5.41 Å². The molecule has 0 aliphatic heterocycles. The number of hydrogen-bond donors (Lipinski definition) is 1. The number of amides is 1. The molecule has 0 fully saturated rings. The van der Waals surface area contributed by atoms with Gasteiger partial charge in [-0.3, -0.25) is 9.78 Å². The van der Waals surface area contributed by atoms with Gasteiger partial charge in [-0.1, -0.05) is 22.0 Å². The fraction of sp³-hybridized carbons (Fsp3) is 0.333. The maximum absolute atomic E-state index is 12.7. The zero-order valence-electron chi connectivity index (χ0n) is 13.8. The van der Waals surface area contributed by atoms with Gasteiger partial charge in [-0.15, -0.1) is 0 Å². The summed E-state index contributed by atoms with van der Waals surface area (Å²) in [6.45, 7) is 7.59. The number of pyridine rings is 1. The van der Waals surface area contributed by atoms with Crippen LogP contribution in [0.15, 0.2) is 53.3 Å². The summed E-state index contributed by atoms with van der Waals surface area (Å²) in [4.78, 5) is 16.7. The average molecular weight is 377 g/mol. The quantitative estimate of drug-likeness (QED) is 0.824. The van der Waals surface area contributed by atoms with Crippen LogP contribution in [0.4, 0.5) is 5.69 Å². The van der Waals surface area contributed by atoms with Gasteiger partial charge in [0.1, 0.15) is 11.4 Å². The lowest BCUT2D eigenvalue weighted by atomic mass is 9.76. The van der Waals surface area contributed by atoms with E-state index >= 15 is 0 Å². The Hall–Kier alpha value is -1.88. The van der Waals surface area contributed by atoms with Crippen LogP contribution in [0.2, 0.25) is 0 Å². The van der Waals surface area contributed by atoms with Crippen molar-refractivity contribution in [3.63, 3.8) is 0 Å². The van der Waals surface area contributed by atoms with Gasteiger partial charge in [0.2, 0.25) is 5.91 Å². The Morgan fingerprint density at radius 1 is 1.13 bits per heavy atom. The molecule has 1 N–H and O–H groups in total. The van der Waals surface area contributed by atoms with E-state index in [-0.39, 0.29) is 5.91 Å². The first-order valence-corrected chi connectivity index (χ1v) is 8.18. The molecule has 1 heterocycles. The van der Waals surface area contributed by atoms with Crippen molar-refractivity contribution in [3.05, 3.63) is 53.3 Å². The second kappa shape index (κ2) is 6.71. The number of rotatable bonds is 5. The van der Waals surface area contributed by atoms with E-state index in [0.717, 1.165) is 10.2 Å². The minimum atomic E-state index is -0.751. The first kappa shape index (κ1) is 17.5. The van der Waals surface area contributed by atoms with Gasteiger partial charge in [0, 0.05) is 22.6 Å². The molecule has 0 atom stereocenters. The summed E-state index contributed by atoms with van der Waals surface area (Å²) >= 11 is 3.43. The van der Waals surface area contributed by atoms with Crippen LogP contribution in [0, 0.1) is 5.41 Å². The third-order valence-corrected chi connectivity index (χ3v) is 4.67. The van der Waals surface area contributed by atoms with Gasteiger partial charge < -0.3 is 10.1 Å². The van der Waals surface area contributed by atoms with Crippen molar-refractivity contribution in [2.45, 2.75) is 33.3 Å². The SMILES string of the molecule is CC(C)(Oc1cccc(Br)c1)C(C)(C)C(=O)Nc1ccncc1. The number of anilines is 1. The second-order valence-corrected chi connectivity index (χ2v) is 7.30. The number of halogens is 1. The Labute approximate surface area is 145 Å². The molecule has 5 heteroatoms. The number of nitrogens with one attached hydrogen (secondary N) is 1. The molecule has 4 nitrogen and oxygen atoms in total. The van der Waals surface area contributed by atoms with Crippen molar-refractivity contribution < 1.29 is 9.53 Å². The molecular formula is C18H21BrN2O2. The molecule has 0 saturated carbocycles. The van der Waals surface area contributed by atoms with E-state index in [2.05, 4.69) is 26.2 Å². The highest BCUT2D eigenvalue weighted by atomic mass is 79.9. The van der Waals surface area contributed by atoms with Gasteiger partial charge in [-0.2, -0.15) is 0 Å². The summed E-state index contributed by atoms with van der Waals surface area (Å²) < 4.78 is 7.04. The summed E-state index contributed by atoms with van der Waals surface area (Å²) in [7, 11) is 0. The largest absolute Gasteiger partial charge is 0.487 e. The van der Waals surface area contributed by atoms with Crippen molar-refractivity contribution in [2.75, 3.05) is 5.32 Å². The van der Waals surface area contributed by atoms with Crippen molar-refractivity contribution in [1.82, 2.24) is 4.98 Å². The maximum atomic E-state index is 12.7. The normalized spacial score (nSPS) is 11.9. The zero-order valence-corrected chi connectivity index (χ0v) is 15.3. The molecule has 2 rings (SSSR count). The van der Waals surface area contributed by atoms with E-state index in [0.29, 0.717) is 5.75 Å². The number of benzene rings is 1. The predicted octanol–water partition coefficient (Wildman–Crippen LogP) is 4.67. The van der Waals surface area contributed by atoms with Crippen LogP contribution in [0.5, 0.6) is 5.75 Å². The summed E-state index contributed by atoms with van der Waals surface area (Å²) in [6.07, 6.45) is 3.29. The van der Waals surface area contributed by atoms with Gasteiger partial charge in [-0.25, -0.2) is 0 Å². The van der Waals surface area contributed by atoms with Crippen LogP contribution >= 0.6 is 15.9 Å². The lowest BCUT2D eigenvalue weighted by Gasteiger charge is -2.40. The van der Waals surface area contributed by atoms with Crippen LogP contribution < -0.4 is 10.1 Å². The van der Waals surface area contributed by atoms with E-state index < -0.39 is 11.0 Å². The molecule has 0 bridgehead atoms. The molecule has 0 spiro atoms. The highest BCUT2D eigenvalue weighted by molar-refractivity contribution is 9.10. The van der Waals surface area contributed by atoms with E-state index in [4.69, 9.17) is 4.74 Å². The molecule has 23 heavy (non-hydrogen) atoms. The lowest BCUT2D eigenvalue weighted by Crippen LogP contribution is -2.51. The third-order valence-electron chi connectivity index (χ3n) is 4.18. The maximum Gasteiger partial charge on any atom is 0.234 e. The van der Waals surface area contributed by atoms with Crippen LogP contribution in [0.1, 0.15) is 27.7 Å². The molecule has 1 aromatic carbocycles. The van der Waals surface area contributed by atoms with Gasteiger partial charge in [-0.05, 0) is 58.0 Å². The molecule has 1 amide bonds. The fourth-order valence-electron chi connectivity index (χ4n) is 1.95. The van der Waals surface area contributed by atoms with E-state index in [1.807, 2.05) is 52.0 Å². The molecule has 2 aromatic rings. The van der Waals surface area contributed by atoms with Crippen molar-refractivity contribution in [2.24, 2.45) is 5.41 Å². The first-order valence-electron chi connectivity index (χ1n) is 7.38. The molecule has 0 aliphatic rings. The monoisotopic (exact) mass is 376 g/mol. The third kappa shape index (κ3) is 4.10. The van der Waals surface area contributed by atoms with Gasteiger partial charge in [0.25, 0.3) is 0 Å². The zero-order chi connectivity index (χ0) is 17.1. The summed E-state index contributed by atoms with van der Waals surface area (Å²) in [5.74, 6) is 0.609. The molecule has 0 radical (unpaired) electrons. The number of ether oxygens (including phenoxy) is 1. The topological polar surface area (TPSA) is 51.2 Å². The van der Waals surface area contributed by atoms with Crippen molar-refractivity contribution in [1.29, 1.82) is 0 Å². The van der Waals surface area contributed by atoms with Crippen LogP contribution in [0.3, 0.4) is 0 Å². The van der Waals surface area contributed by atoms with Gasteiger partial charge >= 0.3 is 0 Å². The highest BCUT2D eigenvalue weighted by Gasteiger charge is 2.45. The molecule has 0 saturated heterocycles. The van der Waals surface area contributed by atoms with E-state index in [9.17, 15) is 4.79 Å². The molecule has 0 aliphatic carbocycles. The smallest absolute Gasteiger partial charge is 0.234 e. The summed E-state index contributed by atoms with van der Waals surface area (Å²) in [5.41, 5.74) is -0.736. The van der Waals surface area contributed by atoms with E-state index in [1.54, 1.807) is 24.5 Å². The highest BCUT2D eigenvalue weighted by Crippen LogP contribution is 2.36. The minimum Gasteiger partial charge on any atom is -0.487 e. The average Bonchev–Trinajstić information content (AvgIpc) is 2.47. The number of aromatic nitrogens is 1. The summed E-state index contributed by atoms with van der Waals surface area (Å²) in [5, 5.41) is 2.92. The Balaban J connectivity index is 2.17. The molecular weight excluding hydrogens is 356 g/mol. The van der Waals surface area contributed by atoms with Crippen LogP contribution in [-0.2, 0) is 4.79 Å². The summed E-state index contributed by atoms with van der Waals surface area (Å²) in [6, 6.07) is 11.1. The van der Waals surface area contributed by atoms with Crippen LogP contribution in [0.25, 0.3) is 0 Å². The Kier molecular flexibility index (Phi) is 5.09. The number of nitrogens with zero attached hydrogens (tertiary/aromatic N) is 1. The van der Waals surface area contributed by atoms with Crippen LogP contribution in [-0.4, -0.2) is 16.5 Å². The number of carbonyl (C=O) groups is 1. The fourth-order valence-corrected chi connectivity index (χ4v) is 2.33. The number of hydrogen-bond acceptors (Lipinski definition) is 3.